The van der Waals surface area contributed by atoms with Crippen LogP contribution in [-0.2, 0) is 0 Å². The van der Waals surface area contributed by atoms with E-state index < -0.39 is 0 Å². The molecule has 1 N–H and O–H groups in total. The van der Waals surface area contributed by atoms with Crippen LogP contribution in [0.1, 0.15) is 40.9 Å². The summed E-state index contributed by atoms with van der Waals surface area (Å²) >= 11 is 1.53. The molecule has 4 heteroatoms. The zero-order valence-electron chi connectivity index (χ0n) is 10.2. The highest BCUT2D eigenvalue weighted by atomic mass is 32.1. The molecule has 1 unspecified atom stereocenters. The minimum absolute atomic E-state index is 0.179. The van der Waals surface area contributed by atoms with Crippen molar-refractivity contribution in [2.45, 2.75) is 38.6 Å². The molecule has 1 fully saturated rings. The maximum absolute atomic E-state index is 12.4. The first-order chi connectivity index (χ1) is 8.24. The Morgan fingerprint density at radius 1 is 1.65 bits per heavy atom. The summed E-state index contributed by atoms with van der Waals surface area (Å²) in [5.74, 6) is 0.179. The van der Waals surface area contributed by atoms with Crippen LogP contribution in [0.4, 0.5) is 0 Å². The molecular weight excluding hydrogens is 234 g/mol. The largest absolute Gasteiger partial charge is 0.396 e. The first-order valence-electron chi connectivity index (χ1n) is 6.20. The SMILES string of the molecule is Cc1ccsc1C(=O)N1CCCC1CCCO. The fraction of sp³-hybridized carbons (Fsp3) is 0.615. The summed E-state index contributed by atoms with van der Waals surface area (Å²) in [6.45, 7) is 3.07. The van der Waals surface area contributed by atoms with Crippen molar-refractivity contribution in [1.29, 1.82) is 0 Å². The lowest BCUT2D eigenvalue weighted by Crippen LogP contribution is -2.35. The van der Waals surface area contributed by atoms with E-state index in [9.17, 15) is 4.79 Å². The van der Waals surface area contributed by atoms with Gasteiger partial charge in [0.05, 0.1) is 4.88 Å². The maximum Gasteiger partial charge on any atom is 0.264 e. The van der Waals surface area contributed by atoms with Gasteiger partial charge in [-0.25, -0.2) is 0 Å². The smallest absolute Gasteiger partial charge is 0.264 e. The molecule has 3 nitrogen and oxygen atoms in total. The standard InChI is InChI=1S/C13H19NO2S/c1-10-6-9-17-12(10)13(16)14-7-2-4-11(14)5-3-8-15/h6,9,11,15H,2-5,7-8H2,1H3. The summed E-state index contributed by atoms with van der Waals surface area (Å²) in [6, 6.07) is 2.33. The Kier molecular flexibility index (Phi) is 4.18. The molecular formula is C13H19NO2S. The van der Waals surface area contributed by atoms with Crippen LogP contribution in [-0.4, -0.2) is 35.1 Å². The van der Waals surface area contributed by atoms with E-state index in [4.69, 9.17) is 5.11 Å². The molecule has 0 spiro atoms. The van der Waals surface area contributed by atoms with Gasteiger partial charge in [-0.1, -0.05) is 0 Å². The molecule has 0 saturated carbocycles. The van der Waals surface area contributed by atoms with Crippen molar-refractivity contribution in [2.24, 2.45) is 0 Å². The van der Waals surface area contributed by atoms with Crippen LogP contribution in [0.3, 0.4) is 0 Å². The Hall–Kier alpha value is -0.870. The quantitative estimate of drug-likeness (QED) is 0.895. The molecule has 1 aliphatic heterocycles. The number of hydrogen-bond donors (Lipinski definition) is 1. The van der Waals surface area contributed by atoms with Crippen LogP contribution in [0, 0.1) is 6.92 Å². The van der Waals surface area contributed by atoms with Crippen molar-refractivity contribution < 1.29 is 9.90 Å². The predicted molar refractivity (Wildman–Crippen MR) is 69.4 cm³/mol. The Labute approximate surface area is 106 Å². The third-order valence-electron chi connectivity index (χ3n) is 3.39. The second-order valence-corrected chi connectivity index (χ2v) is 5.51. The van der Waals surface area contributed by atoms with E-state index in [1.54, 1.807) is 0 Å². The molecule has 1 amide bonds. The Morgan fingerprint density at radius 3 is 3.12 bits per heavy atom. The van der Waals surface area contributed by atoms with Crippen molar-refractivity contribution in [3.63, 3.8) is 0 Å². The van der Waals surface area contributed by atoms with Gasteiger partial charge in [-0.2, -0.15) is 0 Å². The fourth-order valence-corrected chi connectivity index (χ4v) is 3.33. The highest BCUT2D eigenvalue weighted by molar-refractivity contribution is 7.12. The summed E-state index contributed by atoms with van der Waals surface area (Å²) in [6.07, 6.45) is 3.88. The number of aliphatic hydroxyl groups excluding tert-OH is 1. The molecule has 17 heavy (non-hydrogen) atoms. The van der Waals surface area contributed by atoms with Crippen LogP contribution in [0.5, 0.6) is 0 Å². The van der Waals surface area contributed by atoms with Gasteiger partial charge in [-0.3, -0.25) is 4.79 Å². The number of aliphatic hydroxyl groups is 1. The van der Waals surface area contributed by atoms with Crippen LogP contribution >= 0.6 is 11.3 Å². The third kappa shape index (κ3) is 2.69. The molecule has 1 atom stereocenters. The van der Waals surface area contributed by atoms with E-state index in [2.05, 4.69) is 0 Å². The van der Waals surface area contributed by atoms with Gasteiger partial charge >= 0.3 is 0 Å². The van der Waals surface area contributed by atoms with Crippen LogP contribution in [0.2, 0.25) is 0 Å². The first kappa shape index (κ1) is 12.6. The van der Waals surface area contributed by atoms with Gasteiger partial charge in [0.25, 0.3) is 5.91 Å². The zero-order chi connectivity index (χ0) is 12.3. The maximum atomic E-state index is 12.4. The molecule has 1 aromatic heterocycles. The predicted octanol–water partition coefficient (Wildman–Crippen LogP) is 2.43. The van der Waals surface area contributed by atoms with Crippen LogP contribution in [0.15, 0.2) is 11.4 Å². The number of amides is 1. The van der Waals surface area contributed by atoms with E-state index in [-0.39, 0.29) is 12.5 Å². The van der Waals surface area contributed by atoms with Gasteiger partial charge in [0.1, 0.15) is 0 Å². The molecule has 2 rings (SSSR count). The van der Waals surface area contributed by atoms with Crippen LogP contribution in [0.25, 0.3) is 0 Å². The van der Waals surface area contributed by atoms with Gasteiger partial charge in [-0.15, -0.1) is 11.3 Å². The summed E-state index contributed by atoms with van der Waals surface area (Å²) in [5.41, 5.74) is 1.08. The summed E-state index contributed by atoms with van der Waals surface area (Å²) < 4.78 is 0. The number of carbonyl (C=O) groups excluding carboxylic acids is 1. The first-order valence-corrected chi connectivity index (χ1v) is 7.08. The number of hydrogen-bond acceptors (Lipinski definition) is 3. The topological polar surface area (TPSA) is 40.5 Å². The molecule has 0 aliphatic carbocycles. The number of likely N-dealkylation sites (tertiary alicyclic amines) is 1. The third-order valence-corrected chi connectivity index (χ3v) is 4.39. The second-order valence-electron chi connectivity index (χ2n) is 4.59. The van der Waals surface area contributed by atoms with Crippen molar-refractivity contribution in [3.05, 3.63) is 21.9 Å². The lowest BCUT2D eigenvalue weighted by atomic mass is 10.1. The number of thiophene rings is 1. The molecule has 1 aromatic rings. The zero-order valence-corrected chi connectivity index (χ0v) is 11.0. The lowest BCUT2D eigenvalue weighted by Gasteiger charge is -2.24. The van der Waals surface area contributed by atoms with Crippen molar-refractivity contribution in [2.75, 3.05) is 13.2 Å². The average Bonchev–Trinajstić information content (AvgIpc) is 2.94. The average molecular weight is 253 g/mol. The highest BCUT2D eigenvalue weighted by Crippen LogP contribution is 2.26. The minimum Gasteiger partial charge on any atom is -0.396 e. The van der Waals surface area contributed by atoms with E-state index in [0.29, 0.717) is 6.04 Å². The van der Waals surface area contributed by atoms with Gasteiger partial charge in [0.2, 0.25) is 0 Å². The second kappa shape index (κ2) is 5.65. The van der Waals surface area contributed by atoms with E-state index in [0.717, 1.165) is 42.7 Å². The minimum atomic E-state index is 0.179. The summed E-state index contributed by atoms with van der Waals surface area (Å²) in [4.78, 5) is 15.2. The number of rotatable bonds is 4. The monoisotopic (exact) mass is 253 g/mol. The molecule has 0 aromatic carbocycles. The van der Waals surface area contributed by atoms with E-state index in [1.165, 1.54) is 11.3 Å². The van der Waals surface area contributed by atoms with Gasteiger partial charge in [0, 0.05) is 19.2 Å². The number of aryl methyl sites for hydroxylation is 1. The molecule has 94 valence electrons. The summed E-state index contributed by atoms with van der Waals surface area (Å²) in [7, 11) is 0. The van der Waals surface area contributed by atoms with Gasteiger partial charge < -0.3 is 10.0 Å². The Morgan fingerprint density at radius 2 is 2.47 bits per heavy atom. The molecule has 1 saturated heterocycles. The Balaban J connectivity index is 2.06. The molecule has 0 radical (unpaired) electrons. The van der Waals surface area contributed by atoms with Gasteiger partial charge in [-0.05, 0) is 49.6 Å². The van der Waals surface area contributed by atoms with E-state index in [1.807, 2.05) is 23.3 Å². The Bertz CT molecular complexity index is 389. The normalized spacial score (nSPS) is 19.9. The number of carbonyl (C=O) groups is 1. The molecule has 0 bridgehead atoms. The summed E-state index contributed by atoms with van der Waals surface area (Å²) in [5, 5.41) is 10.9. The van der Waals surface area contributed by atoms with Crippen molar-refractivity contribution in [1.82, 2.24) is 4.90 Å². The lowest BCUT2D eigenvalue weighted by molar-refractivity contribution is 0.0729. The molecule has 1 aliphatic rings. The van der Waals surface area contributed by atoms with Crippen molar-refractivity contribution >= 4 is 17.2 Å². The highest BCUT2D eigenvalue weighted by Gasteiger charge is 2.29. The van der Waals surface area contributed by atoms with Gasteiger partial charge in [0.15, 0.2) is 0 Å². The fourth-order valence-electron chi connectivity index (χ4n) is 2.45. The van der Waals surface area contributed by atoms with E-state index >= 15 is 0 Å². The molecule has 2 heterocycles. The number of nitrogens with zero attached hydrogens (tertiary/aromatic N) is 1. The van der Waals surface area contributed by atoms with Crippen molar-refractivity contribution in [3.8, 4) is 0 Å². The van der Waals surface area contributed by atoms with Crippen LogP contribution < -0.4 is 0 Å².